The molecule has 4 heteroatoms. The maximum absolute atomic E-state index is 13.0. The first-order valence-corrected chi connectivity index (χ1v) is 6.22. The number of halogens is 2. The van der Waals surface area contributed by atoms with Crippen LogP contribution in [0.3, 0.4) is 0 Å². The molecule has 0 fully saturated rings. The molecule has 0 amide bonds. The highest BCUT2D eigenvalue weighted by Gasteiger charge is 2.01. The number of benzene rings is 1. The van der Waals surface area contributed by atoms with Gasteiger partial charge in [0, 0.05) is 24.0 Å². The minimum Gasteiger partial charge on any atom is -0.469 e. The summed E-state index contributed by atoms with van der Waals surface area (Å²) in [7, 11) is 0. The summed E-state index contributed by atoms with van der Waals surface area (Å²) in [5.41, 5.74) is 0.921. The molecule has 0 saturated carbocycles. The van der Waals surface area contributed by atoms with E-state index < -0.39 is 0 Å². The fraction of sp³-hybridized carbons (Fsp3) is 0.231. The van der Waals surface area contributed by atoms with Crippen molar-refractivity contribution >= 4 is 15.9 Å². The van der Waals surface area contributed by atoms with Crippen molar-refractivity contribution in [3.8, 4) is 0 Å². The van der Waals surface area contributed by atoms with Crippen molar-refractivity contribution in [1.82, 2.24) is 5.32 Å². The van der Waals surface area contributed by atoms with E-state index in [4.69, 9.17) is 4.42 Å². The third-order valence-electron chi connectivity index (χ3n) is 2.45. The van der Waals surface area contributed by atoms with Gasteiger partial charge in [-0.2, -0.15) is 0 Å². The molecule has 0 spiro atoms. The first-order chi connectivity index (χ1) is 8.25. The lowest BCUT2D eigenvalue weighted by molar-refractivity contribution is 0.498. The predicted molar refractivity (Wildman–Crippen MR) is 68.2 cm³/mol. The number of furan rings is 1. The molecule has 0 aliphatic rings. The average molecular weight is 298 g/mol. The zero-order valence-electron chi connectivity index (χ0n) is 9.25. The molecule has 2 nitrogen and oxygen atoms in total. The molecule has 0 atom stereocenters. The molecule has 2 rings (SSSR count). The van der Waals surface area contributed by atoms with E-state index in [0.717, 1.165) is 28.8 Å². The third-order valence-corrected chi connectivity index (χ3v) is 3.23. The Labute approximate surface area is 108 Å². The predicted octanol–water partition coefficient (Wildman–Crippen LogP) is 3.51. The second kappa shape index (κ2) is 5.98. The summed E-state index contributed by atoms with van der Waals surface area (Å²) in [5.74, 6) is 0.742. The van der Waals surface area contributed by atoms with Gasteiger partial charge in [-0.25, -0.2) is 4.39 Å². The Bertz CT molecular complexity index is 470. The largest absolute Gasteiger partial charge is 0.469 e. The van der Waals surface area contributed by atoms with Crippen molar-refractivity contribution in [1.29, 1.82) is 0 Å². The highest BCUT2D eigenvalue weighted by Crippen LogP contribution is 2.17. The van der Waals surface area contributed by atoms with Gasteiger partial charge >= 0.3 is 0 Å². The van der Waals surface area contributed by atoms with Crippen LogP contribution >= 0.6 is 15.9 Å². The zero-order valence-corrected chi connectivity index (χ0v) is 10.8. The van der Waals surface area contributed by atoms with Gasteiger partial charge in [0.15, 0.2) is 0 Å². The summed E-state index contributed by atoms with van der Waals surface area (Å²) in [6.45, 7) is 1.44. The van der Waals surface area contributed by atoms with Crippen molar-refractivity contribution in [2.45, 2.75) is 13.0 Å². The smallest absolute Gasteiger partial charge is 0.123 e. The fourth-order valence-corrected chi connectivity index (χ4v) is 1.96. The summed E-state index contributed by atoms with van der Waals surface area (Å²) in [4.78, 5) is 0. The van der Waals surface area contributed by atoms with Gasteiger partial charge < -0.3 is 9.73 Å². The van der Waals surface area contributed by atoms with Crippen molar-refractivity contribution in [3.63, 3.8) is 0 Å². The van der Waals surface area contributed by atoms with Gasteiger partial charge in [-0.15, -0.1) is 0 Å². The van der Waals surface area contributed by atoms with Gasteiger partial charge in [0.2, 0.25) is 0 Å². The normalized spacial score (nSPS) is 10.7. The van der Waals surface area contributed by atoms with E-state index in [2.05, 4.69) is 21.2 Å². The summed E-state index contributed by atoms with van der Waals surface area (Å²) in [6, 6.07) is 8.51. The van der Waals surface area contributed by atoms with Crippen LogP contribution in [0.1, 0.15) is 11.3 Å². The lowest BCUT2D eigenvalue weighted by atomic mass is 10.2. The van der Waals surface area contributed by atoms with Gasteiger partial charge in [-0.1, -0.05) is 15.9 Å². The summed E-state index contributed by atoms with van der Waals surface area (Å²) in [6.07, 6.45) is 2.50. The Hall–Kier alpha value is -1.13. The molecule has 0 bridgehead atoms. The Morgan fingerprint density at radius 3 is 2.94 bits per heavy atom. The molecule has 2 aromatic rings. The quantitative estimate of drug-likeness (QED) is 0.855. The minimum absolute atomic E-state index is 0.212. The van der Waals surface area contributed by atoms with Gasteiger partial charge in [-0.3, -0.25) is 0 Å². The maximum atomic E-state index is 13.0. The molecule has 90 valence electrons. The zero-order chi connectivity index (χ0) is 12.1. The SMILES string of the molecule is Fc1ccc(Br)c(CNCCc2ccco2)c1. The summed E-state index contributed by atoms with van der Waals surface area (Å²) >= 11 is 3.40. The second-order valence-corrected chi connectivity index (χ2v) is 4.60. The number of rotatable bonds is 5. The van der Waals surface area contributed by atoms with E-state index in [9.17, 15) is 4.39 Å². The van der Waals surface area contributed by atoms with Crippen molar-refractivity contribution < 1.29 is 8.81 Å². The van der Waals surface area contributed by atoms with Crippen molar-refractivity contribution in [2.24, 2.45) is 0 Å². The van der Waals surface area contributed by atoms with Crippen LogP contribution in [0.15, 0.2) is 45.5 Å². The van der Waals surface area contributed by atoms with E-state index in [1.807, 2.05) is 12.1 Å². The van der Waals surface area contributed by atoms with Gasteiger partial charge in [0.05, 0.1) is 6.26 Å². The number of hydrogen-bond acceptors (Lipinski definition) is 2. The van der Waals surface area contributed by atoms with Gasteiger partial charge in [-0.05, 0) is 35.9 Å². The Morgan fingerprint density at radius 2 is 2.18 bits per heavy atom. The van der Waals surface area contributed by atoms with E-state index in [1.165, 1.54) is 12.1 Å². The molecule has 1 N–H and O–H groups in total. The maximum Gasteiger partial charge on any atom is 0.123 e. The molecule has 0 aliphatic carbocycles. The highest BCUT2D eigenvalue weighted by molar-refractivity contribution is 9.10. The highest BCUT2D eigenvalue weighted by atomic mass is 79.9. The van der Waals surface area contributed by atoms with E-state index in [1.54, 1.807) is 12.3 Å². The standard InChI is InChI=1S/C13H13BrFNO/c14-13-4-3-11(15)8-10(13)9-16-6-5-12-2-1-7-17-12/h1-4,7-8,16H,5-6,9H2. The summed E-state index contributed by atoms with van der Waals surface area (Å²) < 4.78 is 19.2. The Balaban J connectivity index is 1.80. The van der Waals surface area contributed by atoms with Gasteiger partial charge in [0.25, 0.3) is 0 Å². The molecule has 17 heavy (non-hydrogen) atoms. The van der Waals surface area contributed by atoms with Crippen LogP contribution < -0.4 is 5.32 Å². The molecule has 0 saturated heterocycles. The van der Waals surface area contributed by atoms with Gasteiger partial charge in [0.1, 0.15) is 11.6 Å². The monoisotopic (exact) mass is 297 g/mol. The molecule has 1 aromatic carbocycles. The number of nitrogens with one attached hydrogen (secondary N) is 1. The lowest BCUT2D eigenvalue weighted by Crippen LogP contribution is -2.16. The molecular weight excluding hydrogens is 285 g/mol. The van der Waals surface area contributed by atoms with Crippen LogP contribution in [0.4, 0.5) is 4.39 Å². The topological polar surface area (TPSA) is 25.2 Å². The number of hydrogen-bond donors (Lipinski definition) is 1. The first kappa shape index (κ1) is 12.3. The second-order valence-electron chi connectivity index (χ2n) is 3.74. The minimum atomic E-state index is -0.212. The molecule has 0 radical (unpaired) electrons. The average Bonchev–Trinajstić information content (AvgIpc) is 2.82. The molecule has 1 aromatic heterocycles. The molecular formula is C13H13BrFNO. The third kappa shape index (κ3) is 3.68. The molecule has 1 heterocycles. The van der Waals surface area contributed by atoms with E-state index in [0.29, 0.717) is 6.54 Å². The fourth-order valence-electron chi connectivity index (χ4n) is 1.57. The van der Waals surface area contributed by atoms with Crippen LogP contribution in [-0.4, -0.2) is 6.54 Å². The molecule has 0 aliphatic heterocycles. The molecule has 0 unspecified atom stereocenters. The van der Waals surface area contributed by atoms with Crippen molar-refractivity contribution in [3.05, 3.63) is 58.2 Å². The van der Waals surface area contributed by atoms with Crippen LogP contribution in [-0.2, 0) is 13.0 Å². The lowest BCUT2D eigenvalue weighted by Gasteiger charge is -2.06. The first-order valence-electron chi connectivity index (χ1n) is 5.43. The van der Waals surface area contributed by atoms with Crippen LogP contribution in [0.5, 0.6) is 0 Å². The van der Waals surface area contributed by atoms with Crippen molar-refractivity contribution in [2.75, 3.05) is 6.54 Å². The summed E-state index contributed by atoms with van der Waals surface area (Å²) in [5, 5.41) is 3.25. The van der Waals surface area contributed by atoms with Crippen LogP contribution in [0.25, 0.3) is 0 Å². The van der Waals surface area contributed by atoms with E-state index >= 15 is 0 Å². The van der Waals surface area contributed by atoms with Crippen LogP contribution in [0, 0.1) is 5.82 Å². The Kier molecular flexibility index (Phi) is 4.34. The Morgan fingerprint density at radius 1 is 1.29 bits per heavy atom. The van der Waals surface area contributed by atoms with E-state index in [-0.39, 0.29) is 5.82 Å². The van der Waals surface area contributed by atoms with Crippen LogP contribution in [0.2, 0.25) is 0 Å².